The molecule has 2 aliphatic carbocycles. The van der Waals surface area contributed by atoms with Crippen LogP contribution < -0.4 is 0 Å². The molecule has 0 bridgehead atoms. The van der Waals surface area contributed by atoms with Crippen LogP contribution in [0.4, 0.5) is 0 Å². The quantitative estimate of drug-likeness (QED) is 0.643. The molecule has 124 valence electrons. The molecule has 1 heterocycles. The van der Waals surface area contributed by atoms with Crippen molar-refractivity contribution in [2.75, 3.05) is 0 Å². The third-order valence-electron chi connectivity index (χ3n) is 7.26. The van der Waals surface area contributed by atoms with E-state index >= 15 is 0 Å². The number of ether oxygens (including phenoxy) is 1. The van der Waals surface area contributed by atoms with Gasteiger partial charge < -0.3 is 4.74 Å². The summed E-state index contributed by atoms with van der Waals surface area (Å²) < 4.78 is 6.60. The highest BCUT2D eigenvalue weighted by molar-refractivity contribution is 5.81. The predicted octanol–water partition coefficient (Wildman–Crippen LogP) is 4.92. The lowest BCUT2D eigenvalue weighted by Crippen LogP contribution is -2.63. The molecule has 0 radical (unpaired) electrons. The SMILES string of the molecule is C=C[C@@]1(C)CC[C@H]2[C@]3(C)CC(=O)CC(C)(C)[C@H]3CC[C@]2(C)O1. The van der Waals surface area contributed by atoms with E-state index in [4.69, 9.17) is 4.74 Å². The topological polar surface area (TPSA) is 26.3 Å². The van der Waals surface area contributed by atoms with Crippen LogP contribution in [0.25, 0.3) is 0 Å². The minimum Gasteiger partial charge on any atom is -0.365 e. The highest BCUT2D eigenvalue weighted by Crippen LogP contribution is 2.64. The average Bonchev–Trinajstić information content (AvgIpc) is 2.35. The Bertz CT molecular complexity index is 508. The van der Waals surface area contributed by atoms with E-state index < -0.39 is 0 Å². The molecule has 0 aromatic heterocycles. The number of ketones is 1. The molecule has 0 spiro atoms. The monoisotopic (exact) mass is 304 g/mol. The lowest BCUT2D eigenvalue weighted by Gasteiger charge is -2.64. The van der Waals surface area contributed by atoms with Gasteiger partial charge in [0, 0.05) is 12.8 Å². The highest BCUT2D eigenvalue weighted by Gasteiger charge is 2.62. The van der Waals surface area contributed by atoms with Gasteiger partial charge in [-0.1, -0.05) is 26.8 Å². The Hall–Kier alpha value is -0.630. The van der Waals surface area contributed by atoms with E-state index in [1.807, 2.05) is 6.08 Å². The maximum absolute atomic E-state index is 12.4. The van der Waals surface area contributed by atoms with Crippen LogP contribution >= 0.6 is 0 Å². The fraction of sp³-hybridized carbons (Fsp3) is 0.850. The van der Waals surface area contributed by atoms with Crippen LogP contribution in [-0.4, -0.2) is 17.0 Å². The maximum atomic E-state index is 12.4. The molecule has 0 unspecified atom stereocenters. The van der Waals surface area contributed by atoms with Gasteiger partial charge in [0.05, 0.1) is 11.2 Å². The molecule has 0 aromatic carbocycles. The Balaban J connectivity index is 1.98. The molecule has 1 saturated heterocycles. The van der Waals surface area contributed by atoms with Crippen molar-refractivity contribution in [2.24, 2.45) is 22.7 Å². The van der Waals surface area contributed by atoms with E-state index in [1.165, 1.54) is 6.42 Å². The summed E-state index contributed by atoms with van der Waals surface area (Å²) in [7, 11) is 0. The molecule has 2 heteroatoms. The fourth-order valence-electron chi connectivity index (χ4n) is 6.44. The first-order valence-electron chi connectivity index (χ1n) is 8.90. The predicted molar refractivity (Wildman–Crippen MR) is 89.7 cm³/mol. The fourth-order valence-corrected chi connectivity index (χ4v) is 6.44. The third kappa shape index (κ3) is 2.21. The van der Waals surface area contributed by atoms with Crippen molar-refractivity contribution in [3.05, 3.63) is 12.7 Å². The summed E-state index contributed by atoms with van der Waals surface area (Å²) in [6, 6.07) is 0. The van der Waals surface area contributed by atoms with Crippen LogP contribution in [0.5, 0.6) is 0 Å². The van der Waals surface area contributed by atoms with Gasteiger partial charge in [-0.25, -0.2) is 0 Å². The number of carbonyl (C=O) groups excluding carboxylic acids is 1. The summed E-state index contributed by atoms with van der Waals surface area (Å²) in [5.41, 5.74) is -0.0955. The first-order valence-corrected chi connectivity index (χ1v) is 8.90. The zero-order chi connectivity index (χ0) is 16.4. The van der Waals surface area contributed by atoms with Gasteiger partial charge >= 0.3 is 0 Å². The van der Waals surface area contributed by atoms with Gasteiger partial charge in [0.15, 0.2) is 0 Å². The van der Waals surface area contributed by atoms with Crippen LogP contribution in [0, 0.1) is 22.7 Å². The third-order valence-corrected chi connectivity index (χ3v) is 7.26. The van der Waals surface area contributed by atoms with Crippen LogP contribution in [0.1, 0.15) is 73.1 Å². The van der Waals surface area contributed by atoms with Crippen molar-refractivity contribution in [3.8, 4) is 0 Å². The lowest BCUT2D eigenvalue weighted by molar-refractivity contribution is -0.249. The maximum Gasteiger partial charge on any atom is 0.134 e. The highest BCUT2D eigenvalue weighted by atomic mass is 16.5. The Labute approximate surface area is 135 Å². The van der Waals surface area contributed by atoms with E-state index in [0.717, 1.165) is 32.1 Å². The molecule has 2 nitrogen and oxygen atoms in total. The second-order valence-corrected chi connectivity index (χ2v) is 9.50. The average molecular weight is 304 g/mol. The number of hydrogen-bond donors (Lipinski definition) is 0. The number of hydrogen-bond acceptors (Lipinski definition) is 2. The zero-order valence-corrected chi connectivity index (χ0v) is 15.0. The lowest BCUT2D eigenvalue weighted by atomic mass is 9.44. The summed E-state index contributed by atoms with van der Waals surface area (Å²) in [6.07, 6.45) is 7.93. The summed E-state index contributed by atoms with van der Waals surface area (Å²) in [6.45, 7) is 15.4. The summed E-state index contributed by atoms with van der Waals surface area (Å²) >= 11 is 0. The van der Waals surface area contributed by atoms with Gasteiger partial charge in [0.2, 0.25) is 0 Å². The van der Waals surface area contributed by atoms with E-state index in [0.29, 0.717) is 17.6 Å². The molecule has 3 rings (SSSR count). The molecular formula is C20H32O2. The van der Waals surface area contributed by atoms with Gasteiger partial charge in [-0.3, -0.25) is 4.79 Å². The van der Waals surface area contributed by atoms with Gasteiger partial charge in [0.1, 0.15) is 5.78 Å². The van der Waals surface area contributed by atoms with Crippen molar-refractivity contribution in [1.29, 1.82) is 0 Å². The molecule has 0 N–H and O–H groups in total. The van der Waals surface area contributed by atoms with Gasteiger partial charge in [0.25, 0.3) is 0 Å². The van der Waals surface area contributed by atoms with Crippen molar-refractivity contribution in [3.63, 3.8) is 0 Å². The van der Waals surface area contributed by atoms with Gasteiger partial charge in [-0.2, -0.15) is 0 Å². The molecule has 22 heavy (non-hydrogen) atoms. The van der Waals surface area contributed by atoms with E-state index in [2.05, 4.69) is 41.2 Å². The van der Waals surface area contributed by atoms with Gasteiger partial charge in [-0.05, 0) is 62.2 Å². The Morgan fingerprint density at radius 2 is 1.68 bits per heavy atom. The van der Waals surface area contributed by atoms with Crippen LogP contribution in [0.15, 0.2) is 12.7 Å². The molecule has 0 amide bonds. The molecule has 0 aromatic rings. The van der Waals surface area contributed by atoms with E-state index in [9.17, 15) is 4.79 Å². The number of fused-ring (bicyclic) bond motifs is 3. The van der Waals surface area contributed by atoms with E-state index in [-0.39, 0.29) is 22.0 Å². The van der Waals surface area contributed by atoms with Crippen LogP contribution in [0.2, 0.25) is 0 Å². The molecule has 3 fully saturated rings. The minimum atomic E-state index is -0.206. The first kappa shape index (κ1) is 16.2. The Morgan fingerprint density at radius 3 is 2.32 bits per heavy atom. The zero-order valence-electron chi connectivity index (χ0n) is 15.0. The smallest absolute Gasteiger partial charge is 0.134 e. The molecule has 5 atom stereocenters. The minimum absolute atomic E-state index is 0.0916. The normalized spacial score (nSPS) is 50.9. The van der Waals surface area contributed by atoms with Crippen molar-refractivity contribution in [1.82, 2.24) is 0 Å². The van der Waals surface area contributed by atoms with Crippen molar-refractivity contribution in [2.45, 2.75) is 84.3 Å². The van der Waals surface area contributed by atoms with Crippen molar-refractivity contribution >= 4 is 5.78 Å². The first-order chi connectivity index (χ1) is 10.0. The van der Waals surface area contributed by atoms with E-state index in [1.54, 1.807) is 0 Å². The van der Waals surface area contributed by atoms with Crippen molar-refractivity contribution < 1.29 is 9.53 Å². The number of Topliss-reactive ketones (excluding diaryl/α,β-unsaturated/α-hetero) is 1. The Kier molecular flexibility index (Phi) is 3.46. The standard InChI is InChI=1S/C20H32O2/c1-7-18(4)10-8-16-19(5)13-14(21)12-17(2,3)15(19)9-11-20(16,6)22-18/h7,15-16H,1,8-13H2,2-6H3/t15-,16+,18+,19-,20+/m1/s1. The molecule has 1 aliphatic heterocycles. The second kappa shape index (κ2) is 4.69. The summed E-state index contributed by atoms with van der Waals surface area (Å²) in [5, 5.41) is 0. The molecule has 3 aliphatic rings. The molecular weight excluding hydrogens is 272 g/mol. The second-order valence-electron chi connectivity index (χ2n) is 9.50. The summed E-state index contributed by atoms with van der Waals surface area (Å²) in [5.74, 6) is 1.56. The van der Waals surface area contributed by atoms with Crippen LogP contribution in [0.3, 0.4) is 0 Å². The largest absolute Gasteiger partial charge is 0.365 e. The summed E-state index contributed by atoms with van der Waals surface area (Å²) in [4.78, 5) is 12.4. The van der Waals surface area contributed by atoms with Crippen LogP contribution in [-0.2, 0) is 9.53 Å². The molecule has 2 saturated carbocycles. The number of rotatable bonds is 1. The Morgan fingerprint density at radius 1 is 1.05 bits per heavy atom. The number of carbonyl (C=O) groups is 1. The van der Waals surface area contributed by atoms with Gasteiger partial charge in [-0.15, -0.1) is 6.58 Å².